The summed E-state index contributed by atoms with van der Waals surface area (Å²) in [4.78, 5) is 20.3. The predicted octanol–water partition coefficient (Wildman–Crippen LogP) is 3.66. The Kier molecular flexibility index (Phi) is 5.43. The average molecular weight is 369 g/mol. The smallest absolute Gasteiger partial charge is 0.352 e. The Balaban J connectivity index is 2.01. The SMILES string of the molecule is CCC(=NNC1=Nc2ccc(Cl)cc2C(c2ccccc2)=NC1)C(=O)O. The lowest BCUT2D eigenvalue weighted by Crippen LogP contribution is -2.24. The molecule has 6 nitrogen and oxygen atoms in total. The fourth-order valence-electron chi connectivity index (χ4n) is 2.53. The van der Waals surface area contributed by atoms with E-state index < -0.39 is 5.97 Å². The van der Waals surface area contributed by atoms with Crippen LogP contribution < -0.4 is 5.43 Å². The minimum Gasteiger partial charge on any atom is -0.477 e. The molecule has 132 valence electrons. The van der Waals surface area contributed by atoms with Gasteiger partial charge in [0.15, 0.2) is 0 Å². The number of rotatable bonds is 4. The monoisotopic (exact) mass is 368 g/mol. The Hall–Kier alpha value is -2.99. The second kappa shape index (κ2) is 7.93. The van der Waals surface area contributed by atoms with Crippen LogP contribution in [0.3, 0.4) is 0 Å². The second-order valence-electron chi connectivity index (χ2n) is 5.58. The molecule has 1 heterocycles. The fraction of sp³-hybridized carbons (Fsp3) is 0.158. The summed E-state index contributed by atoms with van der Waals surface area (Å²) >= 11 is 6.17. The molecule has 0 unspecified atom stereocenters. The van der Waals surface area contributed by atoms with E-state index in [2.05, 4.69) is 20.5 Å². The number of hydrogen-bond donors (Lipinski definition) is 2. The van der Waals surface area contributed by atoms with Crippen LogP contribution in [0.1, 0.15) is 24.5 Å². The Morgan fingerprint density at radius 1 is 1.27 bits per heavy atom. The summed E-state index contributed by atoms with van der Waals surface area (Å²) in [6.07, 6.45) is 0.306. The third-order valence-corrected chi connectivity index (χ3v) is 4.04. The second-order valence-corrected chi connectivity index (χ2v) is 6.02. The molecule has 2 aromatic carbocycles. The quantitative estimate of drug-likeness (QED) is 0.637. The number of carboxylic acids is 1. The van der Waals surface area contributed by atoms with E-state index in [0.717, 1.165) is 16.8 Å². The van der Waals surface area contributed by atoms with Crippen molar-refractivity contribution in [3.63, 3.8) is 0 Å². The van der Waals surface area contributed by atoms with Gasteiger partial charge in [-0.2, -0.15) is 5.10 Å². The van der Waals surface area contributed by atoms with Crippen LogP contribution in [0.5, 0.6) is 0 Å². The van der Waals surface area contributed by atoms with Crippen LogP contribution in [-0.4, -0.2) is 34.9 Å². The largest absolute Gasteiger partial charge is 0.477 e. The Bertz CT molecular complexity index is 920. The van der Waals surface area contributed by atoms with E-state index in [4.69, 9.17) is 16.7 Å². The van der Waals surface area contributed by atoms with Crippen molar-refractivity contribution in [2.45, 2.75) is 13.3 Å². The Labute approximate surface area is 156 Å². The number of carbonyl (C=O) groups is 1. The first kappa shape index (κ1) is 17.8. The Morgan fingerprint density at radius 3 is 2.73 bits per heavy atom. The van der Waals surface area contributed by atoms with Gasteiger partial charge in [-0.1, -0.05) is 48.9 Å². The van der Waals surface area contributed by atoms with E-state index in [1.165, 1.54) is 0 Å². The van der Waals surface area contributed by atoms with Crippen LogP contribution in [0.15, 0.2) is 63.6 Å². The number of halogens is 1. The van der Waals surface area contributed by atoms with E-state index in [-0.39, 0.29) is 12.3 Å². The van der Waals surface area contributed by atoms with Crippen LogP contribution in [-0.2, 0) is 4.79 Å². The number of fused-ring (bicyclic) bond motifs is 1. The minimum atomic E-state index is -1.06. The number of amidine groups is 1. The molecule has 0 radical (unpaired) electrons. The molecule has 26 heavy (non-hydrogen) atoms. The number of nitrogens with one attached hydrogen (secondary N) is 1. The fourth-order valence-corrected chi connectivity index (χ4v) is 2.70. The van der Waals surface area contributed by atoms with Gasteiger partial charge in [-0.3, -0.25) is 10.4 Å². The van der Waals surface area contributed by atoms with E-state index >= 15 is 0 Å². The molecule has 0 amide bonds. The topological polar surface area (TPSA) is 86.4 Å². The number of hydrogen-bond acceptors (Lipinski definition) is 5. The zero-order chi connectivity index (χ0) is 18.5. The van der Waals surface area contributed by atoms with Gasteiger partial charge in [-0.25, -0.2) is 9.79 Å². The molecule has 1 aliphatic rings. The summed E-state index contributed by atoms with van der Waals surface area (Å²) in [5.41, 5.74) is 6.01. The van der Waals surface area contributed by atoms with Gasteiger partial charge in [-0.05, 0) is 24.6 Å². The number of nitrogens with zero attached hydrogens (tertiary/aromatic N) is 3. The highest BCUT2D eigenvalue weighted by Gasteiger charge is 2.17. The van der Waals surface area contributed by atoms with Crippen LogP contribution in [0.25, 0.3) is 0 Å². The van der Waals surface area contributed by atoms with Crippen molar-refractivity contribution >= 4 is 40.5 Å². The molecule has 0 saturated heterocycles. The molecular formula is C19H17ClN4O2. The zero-order valence-corrected chi connectivity index (χ0v) is 14.9. The maximum atomic E-state index is 11.1. The first-order valence-corrected chi connectivity index (χ1v) is 8.49. The molecule has 7 heteroatoms. The molecule has 2 aromatic rings. The highest BCUT2D eigenvalue weighted by molar-refractivity contribution is 6.35. The molecule has 0 aliphatic carbocycles. The third-order valence-electron chi connectivity index (χ3n) is 3.80. The number of aliphatic imine (C=N–C) groups is 2. The van der Waals surface area contributed by atoms with Gasteiger partial charge in [0.1, 0.15) is 11.5 Å². The maximum absolute atomic E-state index is 11.1. The van der Waals surface area contributed by atoms with E-state index in [1.54, 1.807) is 13.0 Å². The van der Waals surface area contributed by atoms with Gasteiger partial charge in [0, 0.05) is 16.1 Å². The van der Waals surface area contributed by atoms with Crippen molar-refractivity contribution < 1.29 is 9.90 Å². The predicted molar refractivity (Wildman–Crippen MR) is 104 cm³/mol. The summed E-state index contributed by atoms with van der Waals surface area (Å²) < 4.78 is 0. The molecule has 0 saturated carbocycles. The minimum absolute atomic E-state index is 0.0283. The summed E-state index contributed by atoms with van der Waals surface area (Å²) in [5.74, 6) is -0.596. The van der Waals surface area contributed by atoms with E-state index in [0.29, 0.717) is 23.0 Å². The third kappa shape index (κ3) is 3.97. The maximum Gasteiger partial charge on any atom is 0.352 e. The van der Waals surface area contributed by atoms with E-state index in [1.807, 2.05) is 42.5 Å². The van der Waals surface area contributed by atoms with Crippen molar-refractivity contribution in [1.82, 2.24) is 5.43 Å². The lowest BCUT2D eigenvalue weighted by atomic mass is 10.0. The van der Waals surface area contributed by atoms with Crippen molar-refractivity contribution in [2.75, 3.05) is 6.54 Å². The Morgan fingerprint density at radius 2 is 2.04 bits per heavy atom. The summed E-state index contributed by atoms with van der Waals surface area (Å²) in [7, 11) is 0. The number of carboxylic acid groups (broad SMARTS) is 1. The first-order valence-electron chi connectivity index (χ1n) is 8.11. The first-order chi connectivity index (χ1) is 12.6. The molecule has 0 spiro atoms. The van der Waals surface area contributed by atoms with Gasteiger partial charge >= 0.3 is 5.97 Å². The molecule has 1 aliphatic heterocycles. The molecule has 2 N–H and O–H groups in total. The van der Waals surface area contributed by atoms with Gasteiger partial charge in [0.2, 0.25) is 0 Å². The lowest BCUT2D eigenvalue weighted by molar-refractivity contribution is -0.129. The van der Waals surface area contributed by atoms with Crippen molar-refractivity contribution in [3.05, 3.63) is 64.7 Å². The standard InChI is InChI=1S/C19H17ClN4O2/c1-2-15(19(25)26)23-24-17-11-21-18(12-6-4-3-5-7-12)14-10-13(20)8-9-16(14)22-17/h3-10H,2,11H2,1H3,(H,22,24)(H,25,26). The van der Waals surface area contributed by atoms with Crippen molar-refractivity contribution in [2.24, 2.45) is 15.1 Å². The average Bonchev–Trinajstić information content (AvgIpc) is 2.82. The summed E-state index contributed by atoms with van der Waals surface area (Å²) in [6, 6.07) is 15.2. The zero-order valence-electron chi connectivity index (χ0n) is 14.1. The van der Waals surface area contributed by atoms with Crippen LogP contribution in [0.4, 0.5) is 5.69 Å². The molecule has 3 rings (SSSR count). The van der Waals surface area contributed by atoms with Gasteiger partial charge < -0.3 is 5.11 Å². The number of hydrazone groups is 1. The van der Waals surface area contributed by atoms with Gasteiger partial charge in [0.05, 0.1) is 17.9 Å². The molecule has 0 aromatic heterocycles. The molecule has 0 bridgehead atoms. The molecule has 0 atom stereocenters. The highest BCUT2D eigenvalue weighted by Crippen LogP contribution is 2.28. The highest BCUT2D eigenvalue weighted by atomic mass is 35.5. The summed E-state index contributed by atoms with van der Waals surface area (Å²) in [5, 5.41) is 13.6. The molecule has 0 fully saturated rings. The number of aliphatic carboxylic acids is 1. The van der Waals surface area contributed by atoms with E-state index in [9.17, 15) is 4.79 Å². The van der Waals surface area contributed by atoms with Crippen molar-refractivity contribution in [1.29, 1.82) is 0 Å². The van der Waals surface area contributed by atoms with Crippen LogP contribution in [0.2, 0.25) is 5.02 Å². The van der Waals surface area contributed by atoms with Crippen molar-refractivity contribution in [3.8, 4) is 0 Å². The normalized spacial score (nSPS) is 14.0. The summed E-state index contributed by atoms with van der Waals surface area (Å²) in [6.45, 7) is 1.98. The van der Waals surface area contributed by atoms with Crippen LogP contribution >= 0.6 is 11.6 Å². The molecular weight excluding hydrogens is 352 g/mol. The van der Waals surface area contributed by atoms with Crippen LogP contribution in [0, 0.1) is 0 Å². The lowest BCUT2D eigenvalue weighted by Gasteiger charge is -2.08. The number of benzene rings is 2. The van der Waals surface area contributed by atoms with Gasteiger partial charge in [-0.15, -0.1) is 0 Å². The van der Waals surface area contributed by atoms with Gasteiger partial charge in [0.25, 0.3) is 0 Å².